The number of carbonyl (C=O) groups excluding carboxylic acids is 2. The van der Waals surface area contributed by atoms with Gasteiger partial charge in [0.25, 0.3) is 0 Å². The molecule has 1 amide bonds. The first-order valence-electron chi connectivity index (χ1n) is 34.8. The Kier molecular flexibility index (Phi) is 64.9. The van der Waals surface area contributed by atoms with E-state index >= 15 is 0 Å². The SMILES string of the molecule is CCCCCC/C=C\C/C=C\CCCCCCCC(=O)OCCCCCCCCCCCCCCCCCCCCCCCCCCCCCCCCCCCCCC(=O)NC(CO)C(O)/C=C/CCCCCCCCC. The number of aliphatic hydroxyl groups is 2. The van der Waals surface area contributed by atoms with Crippen LogP contribution in [0.15, 0.2) is 36.5 Å². The van der Waals surface area contributed by atoms with Gasteiger partial charge in [0.1, 0.15) is 0 Å². The van der Waals surface area contributed by atoms with Crippen LogP contribution >= 0.6 is 0 Å². The molecule has 454 valence electrons. The van der Waals surface area contributed by atoms with Crippen LogP contribution in [0.1, 0.15) is 380 Å². The van der Waals surface area contributed by atoms with E-state index in [9.17, 15) is 19.8 Å². The molecule has 0 heterocycles. The number of hydrogen-bond donors (Lipinski definition) is 3. The molecule has 0 rings (SSSR count). The van der Waals surface area contributed by atoms with Gasteiger partial charge in [-0.05, 0) is 64.2 Å². The summed E-state index contributed by atoms with van der Waals surface area (Å²) in [6.07, 6.45) is 85.4. The molecule has 0 radical (unpaired) electrons. The summed E-state index contributed by atoms with van der Waals surface area (Å²) in [5.74, 6) is -0.0553. The van der Waals surface area contributed by atoms with Crippen molar-refractivity contribution in [2.45, 2.75) is 392 Å². The summed E-state index contributed by atoms with van der Waals surface area (Å²) in [4.78, 5) is 24.5. The minimum atomic E-state index is -0.838. The highest BCUT2D eigenvalue weighted by atomic mass is 16.5. The van der Waals surface area contributed by atoms with E-state index in [1.54, 1.807) is 6.08 Å². The van der Waals surface area contributed by atoms with Gasteiger partial charge < -0.3 is 20.3 Å². The Hall–Kier alpha value is -1.92. The van der Waals surface area contributed by atoms with Crippen molar-refractivity contribution in [1.82, 2.24) is 5.32 Å². The molecule has 0 aliphatic rings. The molecule has 0 saturated heterocycles. The Morgan fingerprint density at radius 1 is 0.364 bits per heavy atom. The number of allylic oxidation sites excluding steroid dienone is 5. The molecular weight excluding hydrogens is 947 g/mol. The Labute approximate surface area is 481 Å². The van der Waals surface area contributed by atoms with Crippen LogP contribution in [0.5, 0.6) is 0 Å². The zero-order valence-corrected chi connectivity index (χ0v) is 52.0. The lowest BCUT2D eigenvalue weighted by molar-refractivity contribution is -0.143. The first kappa shape index (κ1) is 75.1. The quantitative estimate of drug-likeness (QED) is 0.0320. The van der Waals surface area contributed by atoms with Crippen LogP contribution in [0, 0.1) is 0 Å². The lowest BCUT2D eigenvalue weighted by Gasteiger charge is -2.20. The molecule has 0 spiro atoms. The largest absolute Gasteiger partial charge is 0.466 e. The molecule has 0 aromatic rings. The van der Waals surface area contributed by atoms with Gasteiger partial charge in [-0.2, -0.15) is 0 Å². The van der Waals surface area contributed by atoms with E-state index in [0.717, 1.165) is 51.4 Å². The molecular formula is C71H135NO5. The predicted octanol–water partition coefficient (Wildman–Crippen LogP) is 22.3. The Morgan fingerprint density at radius 2 is 0.649 bits per heavy atom. The molecule has 3 N–H and O–H groups in total. The van der Waals surface area contributed by atoms with E-state index in [0.29, 0.717) is 19.4 Å². The number of hydrogen-bond acceptors (Lipinski definition) is 5. The predicted molar refractivity (Wildman–Crippen MR) is 338 cm³/mol. The number of nitrogens with one attached hydrogen (secondary N) is 1. The third kappa shape index (κ3) is 63.1. The number of aliphatic hydroxyl groups excluding tert-OH is 2. The van der Waals surface area contributed by atoms with Crippen LogP contribution in [0.2, 0.25) is 0 Å². The minimum Gasteiger partial charge on any atom is -0.466 e. The number of esters is 1. The molecule has 0 aromatic carbocycles. The number of amides is 1. The lowest BCUT2D eigenvalue weighted by Crippen LogP contribution is -2.45. The second kappa shape index (κ2) is 66.6. The van der Waals surface area contributed by atoms with Gasteiger partial charge in [-0.25, -0.2) is 0 Å². The lowest BCUT2D eigenvalue weighted by atomic mass is 10.0. The molecule has 0 aliphatic heterocycles. The molecule has 0 aromatic heterocycles. The van der Waals surface area contributed by atoms with Crippen LogP contribution in [-0.4, -0.2) is 47.4 Å². The van der Waals surface area contributed by atoms with Crippen LogP contribution < -0.4 is 5.32 Å². The summed E-state index contributed by atoms with van der Waals surface area (Å²) < 4.78 is 5.49. The standard InChI is InChI=1S/C71H135NO5/c1-3-5-7-9-11-13-14-15-16-39-42-45-49-53-57-61-65-71(76)77-66-62-58-54-50-46-43-40-37-35-33-31-29-27-25-23-21-19-17-18-20-22-24-26-28-30-32-34-36-38-41-44-48-52-56-60-64-70(75)72-68(67-73)69(74)63-59-55-51-47-12-10-8-6-4-2/h13-14,16,39,59,63,68-69,73-74H,3-12,15,17-38,40-58,60-62,64-67H2,1-2H3,(H,72,75)/b14-13-,39-16-,63-59+. The van der Waals surface area contributed by atoms with E-state index in [1.807, 2.05) is 6.08 Å². The normalized spacial score (nSPS) is 12.7. The summed E-state index contributed by atoms with van der Waals surface area (Å²) in [7, 11) is 0. The summed E-state index contributed by atoms with van der Waals surface area (Å²) in [6.45, 7) is 4.88. The first-order valence-corrected chi connectivity index (χ1v) is 34.8. The van der Waals surface area contributed by atoms with Gasteiger partial charge in [-0.1, -0.05) is 339 Å². The summed E-state index contributed by atoms with van der Waals surface area (Å²) in [6, 6.07) is -0.621. The summed E-state index contributed by atoms with van der Waals surface area (Å²) in [5, 5.41) is 23.0. The van der Waals surface area contributed by atoms with E-state index in [-0.39, 0.29) is 18.5 Å². The average Bonchev–Trinajstić information content (AvgIpc) is 3.43. The molecule has 2 atom stereocenters. The highest BCUT2D eigenvalue weighted by Crippen LogP contribution is 2.19. The topological polar surface area (TPSA) is 95.9 Å². The van der Waals surface area contributed by atoms with Crippen molar-refractivity contribution >= 4 is 11.9 Å². The Bertz CT molecular complexity index is 1250. The molecule has 0 aliphatic carbocycles. The average molecular weight is 1080 g/mol. The number of rotatable bonds is 65. The third-order valence-electron chi connectivity index (χ3n) is 16.2. The Morgan fingerprint density at radius 3 is 1.00 bits per heavy atom. The first-order chi connectivity index (χ1) is 38.0. The Balaban J connectivity index is 3.29. The van der Waals surface area contributed by atoms with E-state index < -0.39 is 12.1 Å². The van der Waals surface area contributed by atoms with Crippen molar-refractivity contribution < 1.29 is 24.5 Å². The maximum Gasteiger partial charge on any atom is 0.305 e. The zero-order valence-electron chi connectivity index (χ0n) is 52.0. The monoisotopic (exact) mass is 1080 g/mol. The second-order valence-electron chi connectivity index (χ2n) is 23.9. The van der Waals surface area contributed by atoms with Gasteiger partial charge >= 0.3 is 5.97 Å². The smallest absolute Gasteiger partial charge is 0.305 e. The molecule has 2 unspecified atom stereocenters. The van der Waals surface area contributed by atoms with Gasteiger partial charge in [0.05, 0.1) is 25.4 Å². The number of unbranched alkanes of at least 4 members (excludes halogenated alkanes) is 50. The minimum absolute atomic E-state index is 0.00897. The molecule has 0 bridgehead atoms. The zero-order chi connectivity index (χ0) is 55.7. The maximum absolute atomic E-state index is 12.4. The van der Waals surface area contributed by atoms with Crippen LogP contribution in [0.25, 0.3) is 0 Å². The highest BCUT2D eigenvalue weighted by molar-refractivity contribution is 5.76. The third-order valence-corrected chi connectivity index (χ3v) is 16.2. The van der Waals surface area contributed by atoms with Crippen molar-refractivity contribution in [3.8, 4) is 0 Å². The van der Waals surface area contributed by atoms with Crippen molar-refractivity contribution in [3.63, 3.8) is 0 Å². The van der Waals surface area contributed by atoms with Crippen LogP contribution in [0.3, 0.4) is 0 Å². The summed E-state index contributed by atoms with van der Waals surface area (Å²) >= 11 is 0. The van der Waals surface area contributed by atoms with Crippen molar-refractivity contribution in [2.75, 3.05) is 13.2 Å². The van der Waals surface area contributed by atoms with Crippen LogP contribution in [0.4, 0.5) is 0 Å². The molecule has 0 fully saturated rings. The number of carbonyl (C=O) groups is 2. The molecule has 0 saturated carbocycles. The number of ether oxygens (including phenoxy) is 1. The van der Waals surface area contributed by atoms with Crippen molar-refractivity contribution in [3.05, 3.63) is 36.5 Å². The van der Waals surface area contributed by atoms with Gasteiger partial charge in [-0.15, -0.1) is 0 Å². The van der Waals surface area contributed by atoms with E-state index in [4.69, 9.17) is 4.74 Å². The van der Waals surface area contributed by atoms with Gasteiger partial charge in [0, 0.05) is 12.8 Å². The molecule has 6 heteroatoms. The second-order valence-corrected chi connectivity index (χ2v) is 23.9. The fraction of sp³-hybridized carbons (Fsp3) is 0.887. The molecule has 6 nitrogen and oxygen atoms in total. The van der Waals surface area contributed by atoms with E-state index in [1.165, 1.54) is 302 Å². The fourth-order valence-electron chi connectivity index (χ4n) is 10.8. The highest BCUT2D eigenvalue weighted by Gasteiger charge is 2.18. The van der Waals surface area contributed by atoms with Crippen LogP contribution in [-0.2, 0) is 14.3 Å². The van der Waals surface area contributed by atoms with E-state index in [2.05, 4.69) is 43.5 Å². The molecule has 77 heavy (non-hydrogen) atoms. The fourth-order valence-corrected chi connectivity index (χ4v) is 10.8. The van der Waals surface area contributed by atoms with Gasteiger partial charge in [0.2, 0.25) is 5.91 Å². The summed E-state index contributed by atoms with van der Waals surface area (Å²) in [5.41, 5.74) is 0. The maximum atomic E-state index is 12.4. The van der Waals surface area contributed by atoms with Gasteiger partial charge in [0.15, 0.2) is 0 Å². The van der Waals surface area contributed by atoms with Crippen molar-refractivity contribution in [1.29, 1.82) is 0 Å². The van der Waals surface area contributed by atoms with Crippen molar-refractivity contribution in [2.24, 2.45) is 0 Å². The van der Waals surface area contributed by atoms with Gasteiger partial charge in [-0.3, -0.25) is 9.59 Å².